The van der Waals surface area contributed by atoms with Crippen LogP contribution in [0.3, 0.4) is 0 Å². The lowest BCUT2D eigenvalue weighted by molar-refractivity contribution is 0.0580. The Hall–Kier alpha value is -1.35. The number of hydrogen-bond acceptors (Lipinski definition) is 2. The average molecular weight is 232 g/mol. The highest BCUT2D eigenvalue weighted by Gasteiger charge is 2.14. The molecule has 0 saturated heterocycles. The molecule has 3 nitrogen and oxygen atoms in total. The molecule has 0 spiro atoms. The average Bonchev–Trinajstić information content (AvgIpc) is 2.54. The zero-order valence-corrected chi connectivity index (χ0v) is 10.9. The third-order valence-electron chi connectivity index (χ3n) is 2.79. The number of fused-ring (bicyclic) bond motifs is 1. The molecule has 92 valence electrons. The number of rotatable bonds is 3. The Kier molecular flexibility index (Phi) is 2.96. The van der Waals surface area contributed by atoms with Crippen LogP contribution in [0.5, 0.6) is 0 Å². The van der Waals surface area contributed by atoms with Crippen LogP contribution in [0.2, 0.25) is 0 Å². The second-order valence-corrected chi connectivity index (χ2v) is 5.61. The van der Waals surface area contributed by atoms with Crippen LogP contribution in [0.25, 0.3) is 10.9 Å². The Morgan fingerprint density at radius 2 is 2.06 bits per heavy atom. The quantitative estimate of drug-likeness (QED) is 0.883. The maximum atomic E-state index is 9.78. The molecule has 0 radical (unpaired) electrons. The number of nitrogens with zero attached hydrogens (tertiary/aromatic N) is 2. The number of benzene rings is 1. The fourth-order valence-corrected chi connectivity index (χ4v) is 1.93. The predicted molar refractivity (Wildman–Crippen MR) is 70.1 cm³/mol. The fraction of sp³-hybridized carbons (Fsp3) is 0.500. The molecule has 2 rings (SSSR count). The molecule has 0 fully saturated rings. The van der Waals surface area contributed by atoms with Gasteiger partial charge in [-0.15, -0.1) is 0 Å². The van der Waals surface area contributed by atoms with Gasteiger partial charge in [-0.25, -0.2) is 0 Å². The molecule has 0 aliphatic rings. The van der Waals surface area contributed by atoms with E-state index in [0.29, 0.717) is 12.5 Å². The van der Waals surface area contributed by atoms with Gasteiger partial charge in [-0.3, -0.25) is 4.68 Å². The predicted octanol–water partition coefficient (Wildman–Crippen LogP) is 2.93. The number of aromatic nitrogens is 2. The normalized spacial score (nSPS) is 12.6. The third kappa shape index (κ3) is 2.86. The first kappa shape index (κ1) is 12.1. The third-order valence-corrected chi connectivity index (χ3v) is 2.79. The summed E-state index contributed by atoms with van der Waals surface area (Å²) in [5.74, 6) is 0.525. The Bertz CT molecular complexity index is 520. The van der Waals surface area contributed by atoms with Crippen LogP contribution in [0.4, 0.5) is 0 Å². The number of aliphatic hydroxyl groups is 1. The van der Waals surface area contributed by atoms with Crippen molar-refractivity contribution >= 4 is 10.9 Å². The van der Waals surface area contributed by atoms with Crippen LogP contribution in [-0.4, -0.2) is 20.5 Å². The van der Waals surface area contributed by atoms with Gasteiger partial charge in [-0.05, 0) is 37.5 Å². The van der Waals surface area contributed by atoms with Gasteiger partial charge in [0.1, 0.15) is 0 Å². The van der Waals surface area contributed by atoms with Gasteiger partial charge in [0, 0.05) is 11.6 Å². The van der Waals surface area contributed by atoms with Crippen molar-refractivity contribution in [3.8, 4) is 0 Å². The Morgan fingerprint density at radius 1 is 1.35 bits per heavy atom. The van der Waals surface area contributed by atoms with E-state index in [9.17, 15) is 5.11 Å². The summed E-state index contributed by atoms with van der Waals surface area (Å²) in [5, 5.41) is 15.4. The van der Waals surface area contributed by atoms with E-state index in [2.05, 4.69) is 31.1 Å². The monoisotopic (exact) mass is 232 g/mol. The first-order valence-electron chi connectivity index (χ1n) is 6.05. The highest BCUT2D eigenvalue weighted by atomic mass is 16.3. The topological polar surface area (TPSA) is 38.0 Å². The first-order chi connectivity index (χ1) is 7.85. The van der Waals surface area contributed by atoms with Crippen molar-refractivity contribution in [3.63, 3.8) is 0 Å². The molecule has 0 atom stereocenters. The summed E-state index contributed by atoms with van der Waals surface area (Å²) in [6.45, 7) is 8.46. The molecule has 0 bridgehead atoms. The lowest BCUT2D eigenvalue weighted by Gasteiger charge is -2.16. The highest BCUT2D eigenvalue weighted by molar-refractivity contribution is 5.78. The summed E-state index contributed by atoms with van der Waals surface area (Å²) in [6.07, 6.45) is 2.00. The van der Waals surface area contributed by atoms with Gasteiger partial charge in [0.2, 0.25) is 0 Å². The van der Waals surface area contributed by atoms with Crippen molar-refractivity contribution in [3.05, 3.63) is 30.0 Å². The summed E-state index contributed by atoms with van der Waals surface area (Å²) >= 11 is 0. The van der Waals surface area contributed by atoms with Gasteiger partial charge in [0.05, 0.1) is 17.7 Å². The maximum absolute atomic E-state index is 9.78. The van der Waals surface area contributed by atoms with Crippen molar-refractivity contribution in [1.82, 2.24) is 9.78 Å². The molecule has 2 aromatic rings. The van der Waals surface area contributed by atoms with Crippen molar-refractivity contribution in [2.24, 2.45) is 0 Å². The molecule has 17 heavy (non-hydrogen) atoms. The van der Waals surface area contributed by atoms with Crippen molar-refractivity contribution in [2.75, 3.05) is 0 Å². The van der Waals surface area contributed by atoms with Gasteiger partial charge in [-0.1, -0.05) is 19.9 Å². The smallest absolute Gasteiger partial charge is 0.0923 e. The number of hydrogen-bond donors (Lipinski definition) is 1. The Labute approximate surface area is 102 Å². The molecule has 1 heterocycles. The Balaban J connectivity index is 2.37. The molecule has 0 saturated carbocycles. The van der Waals surface area contributed by atoms with E-state index < -0.39 is 5.60 Å². The lowest BCUT2D eigenvalue weighted by atomic mass is 10.0. The molecule has 0 unspecified atom stereocenters. The minimum atomic E-state index is -0.733. The standard InChI is InChI=1S/C14H20N2O/c1-10(2)11-5-6-13-12(7-11)8-16(15-13)9-14(3,4)17/h5-8,10,17H,9H2,1-4H3. The van der Waals surface area contributed by atoms with Gasteiger partial charge in [0.25, 0.3) is 0 Å². The van der Waals surface area contributed by atoms with Crippen LogP contribution >= 0.6 is 0 Å². The molecule has 3 heteroatoms. The van der Waals surface area contributed by atoms with E-state index in [4.69, 9.17) is 0 Å². The van der Waals surface area contributed by atoms with Crippen LogP contribution in [0, 0.1) is 0 Å². The zero-order chi connectivity index (χ0) is 12.6. The van der Waals surface area contributed by atoms with Crippen molar-refractivity contribution in [2.45, 2.75) is 45.8 Å². The van der Waals surface area contributed by atoms with Crippen LogP contribution in [-0.2, 0) is 6.54 Å². The molecular formula is C14H20N2O. The van der Waals surface area contributed by atoms with Crippen LogP contribution < -0.4 is 0 Å². The summed E-state index contributed by atoms with van der Waals surface area (Å²) in [5.41, 5.74) is 1.57. The Morgan fingerprint density at radius 3 is 2.65 bits per heavy atom. The highest BCUT2D eigenvalue weighted by Crippen LogP contribution is 2.21. The molecular weight excluding hydrogens is 212 g/mol. The van der Waals surface area contributed by atoms with Crippen molar-refractivity contribution < 1.29 is 5.11 Å². The van der Waals surface area contributed by atoms with E-state index >= 15 is 0 Å². The summed E-state index contributed by atoms with van der Waals surface area (Å²) in [6, 6.07) is 6.34. The lowest BCUT2D eigenvalue weighted by Crippen LogP contribution is -2.26. The zero-order valence-electron chi connectivity index (χ0n) is 10.9. The maximum Gasteiger partial charge on any atom is 0.0923 e. The largest absolute Gasteiger partial charge is 0.389 e. The molecule has 1 N–H and O–H groups in total. The summed E-state index contributed by atoms with van der Waals surface area (Å²) < 4.78 is 1.81. The molecule has 1 aromatic heterocycles. The minimum absolute atomic E-state index is 0.513. The van der Waals surface area contributed by atoms with E-state index in [1.165, 1.54) is 5.56 Å². The van der Waals surface area contributed by atoms with Crippen LogP contribution in [0.1, 0.15) is 39.2 Å². The van der Waals surface area contributed by atoms with E-state index in [1.807, 2.05) is 16.9 Å². The van der Waals surface area contributed by atoms with Gasteiger partial charge in [0.15, 0.2) is 0 Å². The fourth-order valence-electron chi connectivity index (χ4n) is 1.93. The minimum Gasteiger partial charge on any atom is -0.389 e. The van der Waals surface area contributed by atoms with E-state index in [1.54, 1.807) is 13.8 Å². The van der Waals surface area contributed by atoms with Crippen LogP contribution in [0.15, 0.2) is 24.4 Å². The second kappa shape index (κ2) is 4.15. The van der Waals surface area contributed by atoms with E-state index in [0.717, 1.165) is 10.9 Å². The van der Waals surface area contributed by atoms with Crippen molar-refractivity contribution in [1.29, 1.82) is 0 Å². The molecule has 0 aliphatic heterocycles. The van der Waals surface area contributed by atoms with E-state index in [-0.39, 0.29) is 0 Å². The van der Waals surface area contributed by atoms with Gasteiger partial charge < -0.3 is 5.11 Å². The SMILES string of the molecule is CC(C)c1ccc2nn(CC(C)(C)O)cc2c1. The summed E-state index contributed by atoms with van der Waals surface area (Å²) in [7, 11) is 0. The molecule has 0 aliphatic carbocycles. The first-order valence-corrected chi connectivity index (χ1v) is 6.05. The van der Waals surface area contributed by atoms with Gasteiger partial charge in [-0.2, -0.15) is 5.10 Å². The molecule has 1 aromatic carbocycles. The molecule has 0 amide bonds. The second-order valence-electron chi connectivity index (χ2n) is 5.61. The summed E-state index contributed by atoms with van der Waals surface area (Å²) in [4.78, 5) is 0. The van der Waals surface area contributed by atoms with Gasteiger partial charge >= 0.3 is 0 Å².